The summed E-state index contributed by atoms with van der Waals surface area (Å²) in [6, 6.07) is 18.4. The lowest BCUT2D eigenvalue weighted by Gasteiger charge is -2.22. The Bertz CT molecular complexity index is 1040. The Balaban J connectivity index is 1.84. The van der Waals surface area contributed by atoms with Crippen molar-refractivity contribution in [2.24, 2.45) is 0 Å². The van der Waals surface area contributed by atoms with Crippen LogP contribution in [0.4, 0.5) is 11.5 Å². The molecular weight excluding hydrogens is 352 g/mol. The van der Waals surface area contributed by atoms with Gasteiger partial charge in [-0.15, -0.1) is 0 Å². The van der Waals surface area contributed by atoms with Gasteiger partial charge in [0.2, 0.25) is 0 Å². The number of hydrogen-bond acceptors (Lipinski definition) is 4. The first-order valence-electron chi connectivity index (χ1n) is 9.49. The smallest absolute Gasteiger partial charge is 0.330 e. The maximum absolute atomic E-state index is 12.4. The van der Waals surface area contributed by atoms with Gasteiger partial charge in [0.15, 0.2) is 0 Å². The van der Waals surface area contributed by atoms with Gasteiger partial charge in [-0.25, -0.2) is 4.79 Å². The van der Waals surface area contributed by atoms with Crippen LogP contribution in [0.5, 0.6) is 0 Å². The van der Waals surface area contributed by atoms with E-state index in [0.29, 0.717) is 18.8 Å². The highest BCUT2D eigenvalue weighted by Crippen LogP contribution is 2.21. The zero-order valence-electron chi connectivity index (χ0n) is 16.3. The molecule has 0 amide bonds. The van der Waals surface area contributed by atoms with Crippen molar-refractivity contribution >= 4 is 11.5 Å². The van der Waals surface area contributed by atoms with Crippen LogP contribution >= 0.6 is 0 Å². The van der Waals surface area contributed by atoms with Crippen molar-refractivity contribution in [3.63, 3.8) is 0 Å². The number of nitrogens with zero attached hydrogens (tertiary/aromatic N) is 2. The molecule has 0 saturated heterocycles. The molecule has 0 aliphatic carbocycles. The number of aromatic nitrogens is 2. The molecule has 0 aliphatic rings. The molecule has 3 rings (SSSR count). The summed E-state index contributed by atoms with van der Waals surface area (Å²) >= 11 is 0. The van der Waals surface area contributed by atoms with Crippen molar-refractivity contribution < 1.29 is 0 Å². The van der Waals surface area contributed by atoms with Crippen molar-refractivity contribution in [2.75, 3.05) is 17.7 Å². The van der Waals surface area contributed by atoms with Gasteiger partial charge in [0.1, 0.15) is 11.5 Å². The van der Waals surface area contributed by atoms with E-state index in [1.165, 1.54) is 4.57 Å². The fourth-order valence-corrected chi connectivity index (χ4v) is 3.27. The quantitative estimate of drug-likeness (QED) is 0.661. The molecule has 0 unspecified atom stereocenters. The number of rotatable bonds is 7. The number of aromatic amines is 1. The van der Waals surface area contributed by atoms with Gasteiger partial charge in [-0.05, 0) is 23.1 Å². The first kappa shape index (κ1) is 19.5. The Morgan fingerprint density at radius 2 is 1.64 bits per heavy atom. The van der Waals surface area contributed by atoms with Crippen LogP contribution in [-0.4, -0.2) is 16.6 Å². The highest BCUT2D eigenvalue weighted by Gasteiger charge is 2.16. The van der Waals surface area contributed by atoms with Crippen LogP contribution in [0.25, 0.3) is 11.1 Å². The van der Waals surface area contributed by atoms with Crippen molar-refractivity contribution in [3.8, 4) is 11.1 Å². The molecule has 0 radical (unpaired) electrons. The van der Waals surface area contributed by atoms with Crippen LogP contribution in [0.1, 0.15) is 25.3 Å². The fraction of sp³-hybridized carbons (Fsp3) is 0.273. The van der Waals surface area contributed by atoms with Gasteiger partial charge in [0.05, 0.1) is 0 Å². The zero-order valence-corrected chi connectivity index (χ0v) is 16.3. The van der Waals surface area contributed by atoms with Crippen LogP contribution in [0.3, 0.4) is 0 Å². The van der Waals surface area contributed by atoms with E-state index >= 15 is 0 Å². The van der Waals surface area contributed by atoms with Gasteiger partial charge in [-0.2, -0.15) is 0 Å². The third-order valence-corrected chi connectivity index (χ3v) is 4.81. The Kier molecular flexibility index (Phi) is 5.99. The van der Waals surface area contributed by atoms with E-state index in [0.717, 1.165) is 29.5 Å². The van der Waals surface area contributed by atoms with E-state index in [2.05, 4.69) is 29.2 Å². The van der Waals surface area contributed by atoms with Crippen molar-refractivity contribution in [2.45, 2.75) is 32.9 Å². The lowest BCUT2D eigenvalue weighted by atomic mass is 10.0. The van der Waals surface area contributed by atoms with Crippen LogP contribution in [0.2, 0.25) is 0 Å². The molecule has 0 atom stereocenters. The highest BCUT2D eigenvalue weighted by molar-refractivity contribution is 5.64. The highest BCUT2D eigenvalue weighted by atomic mass is 16.2. The van der Waals surface area contributed by atoms with Crippen LogP contribution in [0, 0.1) is 0 Å². The summed E-state index contributed by atoms with van der Waals surface area (Å²) in [5.41, 5.74) is 8.93. The summed E-state index contributed by atoms with van der Waals surface area (Å²) in [6.07, 6.45) is 1.75. The van der Waals surface area contributed by atoms with E-state index in [1.807, 2.05) is 37.3 Å². The molecule has 0 aliphatic heterocycles. The third-order valence-electron chi connectivity index (χ3n) is 4.81. The predicted octanol–water partition coefficient (Wildman–Crippen LogP) is 3.22. The third kappa shape index (κ3) is 4.17. The molecule has 6 heteroatoms. The van der Waals surface area contributed by atoms with E-state index in [-0.39, 0.29) is 5.82 Å². The van der Waals surface area contributed by atoms with Gasteiger partial charge < -0.3 is 10.6 Å². The van der Waals surface area contributed by atoms with E-state index in [9.17, 15) is 9.59 Å². The second kappa shape index (κ2) is 8.61. The molecular formula is C22H26N4O2. The van der Waals surface area contributed by atoms with Crippen LogP contribution < -0.4 is 21.9 Å². The average Bonchev–Trinajstić information content (AvgIpc) is 2.69. The number of anilines is 2. The fourth-order valence-electron chi connectivity index (χ4n) is 3.27. The maximum atomic E-state index is 12.4. The standard InChI is InChI=1S/C22H26N4O2/c1-3-4-14-26-20(23)19(21(27)24-22(26)28)25(2)15-16-10-12-18(13-11-16)17-8-6-5-7-9-17/h5-13H,3-4,14-15,23H2,1-2H3,(H,24,27,28). The molecule has 0 bridgehead atoms. The number of nitrogens with two attached hydrogens (primary N) is 1. The molecule has 1 heterocycles. The molecule has 146 valence electrons. The summed E-state index contributed by atoms with van der Waals surface area (Å²) in [7, 11) is 1.81. The van der Waals surface area contributed by atoms with E-state index < -0.39 is 11.2 Å². The normalized spacial score (nSPS) is 10.8. The van der Waals surface area contributed by atoms with Gasteiger partial charge >= 0.3 is 5.69 Å². The Hall–Kier alpha value is -3.28. The Morgan fingerprint density at radius 1 is 1.00 bits per heavy atom. The molecule has 0 saturated carbocycles. The Morgan fingerprint density at radius 3 is 2.29 bits per heavy atom. The number of H-pyrrole nitrogens is 1. The minimum atomic E-state index is -0.460. The summed E-state index contributed by atoms with van der Waals surface area (Å²) in [4.78, 5) is 28.6. The van der Waals surface area contributed by atoms with Gasteiger partial charge in [0, 0.05) is 20.1 Å². The summed E-state index contributed by atoms with van der Waals surface area (Å²) in [5, 5.41) is 0. The van der Waals surface area contributed by atoms with Crippen molar-refractivity contribution in [3.05, 3.63) is 81.0 Å². The second-order valence-electron chi connectivity index (χ2n) is 6.92. The number of benzene rings is 2. The van der Waals surface area contributed by atoms with Crippen molar-refractivity contribution in [1.29, 1.82) is 0 Å². The molecule has 6 nitrogen and oxygen atoms in total. The topological polar surface area (TPSA) is 84.1 Å². The molecule has 28 heavy (non-hydrogen) atoms. The average molecular weight is 378 g/mol. The molecule has 3 aromatic rings. The minimum Gasteiger partial charge on any atom is -0.383 e. The minimum absolute atomic E-state index is 0.214. The Labute approximate surface area is 164 Å². The van der Waals surface area contributed by atoms with E-state index in [1.54, 1.807) is 11.9 Å². The molecule has 2 aromatic carbocycles. The first-order valence-corrected chi connectivity index (χ1v) is 9.49. The largest absolute Gasteiger partial charge is 0.383 e. The maximum Gasteiger partial charge on any atom is 0.330 e. The summed E-state index contributed by atoms with van der Waals surface area (Å²) in [5.74, 6) is 0.214. The van der Waals surface area contributed by atoms with Crippen LogP contribution in [-0.2, 0) is 13.1 Å². The van der Waals surface area contributed by atoms with Gasteiger partial charge in [-0.3, -0.25) is 14.3 Å². The predicted molar refractivity (Wildman–Crippen MR) is 115 cm³/mol. The summed E-state index contributed by atoms with van der Waals surface area (Å²) < 4.78 is 1.44. The zero-order chi connectivity index (χ0) is 20.1. The van der Waals surface area contributed by atoms with Gasteiger partial charge in [0.25, 0.3) is 5.56 Å². The number of hydrogen-bond donors (Lipinski definition) is 2. The lowest BCUT2D eigenvalue weighted by Crippen LogP contribution is -2.37. The first-order chi connectivity index (χ1) is 13.5. The monoisotopic (exact) mass is 378 g/mol. The SMILES string of the molecule is CCCCn1c(N)c(N(C)Cc2ccc(-c3ccccc3)cc2)c(=O)[nH]c1=O. The van der Waals surface area contributed by atoms with Gasteiger partial charge in [-0.1, -0.05) is 67.9 Å². The van der Waals surface area contributed by atoms with E-state index in [4.69, 9.17) is 5.73 Å². The number of nitrogen functional groups attached to an aromatic ring is 1. The molecule has 1 aromatic heterocycles. The lowest BCUT2D eigenvalue weighted by molar-refractivity contribution is 0.603. The molecule has 0 fully saturated rings. The van der Waals surface area contributed by atoms with Crippen molar-refractivity contribution in [1.82, 2.24) is 9.55 Å². The molecule has 3 N–H and O–H groups in total. The van der Waals surface area contributed by atoms with Crippen LogP contribution in [0.15, 0.2) is 64.2 Å². The number of unbranched alkanes of at least 4 members (excludes halogenated alkanes) is 1. The molecule has 0 spiro atoms. The summed E-state index contributed by atoms with van der Waals surface area (Å²) in [6.45, 7) is 3.04. The second-order valence-corrected chi connectivity index (χ2v) is 6.92. The number of nitrogens with one attached hydrogen (secondary N) is 1.